The highest BCUT2D eigenvalue weighted by Gasteiger charge is 2.57. The zero-order valence-corrected chi connectivity index (χ0v) is 31.4. The van der Waals surface area contributed by atoms with Gasteiger partial charge >= 0.3 is 5.97 Å². The van der Waals surface area contributed by atoms with E-state index in [0.717, 1.165) is 6.42 Å². The van der Waals surface area contributed by atoms with Gasteiger partial charge in [0.15, 0.2) is 12.6 Å². The minimum Gasteiger partial charge on any atom is -0.459 e. The highest BCUT2D eigenvalue weighted by molar-refractivity contribution is 5.83. The molecule has 18 atom stereocenters. The van der Waals surface area contributed by atoms with Crippen molar-refractivity contribution in [2.45, 2.75) is 179 Å². The molecular formula is C36H62O13. The Labute approximate surface area is 291 Å². The quantitative estimate of drug-likeness (QED) is 0.262. The van der Waals surface area contributed by atoms with E-state index in [4.69, 9.17) is 37.9 Å². The molecule has 13 nitrogen and oxygen atoms in total. The van der Waals surface area contributed by atoms with E-state index in [0.29, 0.717) is 0 Å². The Bertz CT molecular complexity index is 1150. The Morgan fingerprint density at radius 2 is 1.47 bits per heavy atom. The molecule has 0 bridgehead atoms. The van der Waals surface area contributed by atoms with Gasteiger partial charge < -0.3 is 53.2 Å². The molecule has 4 fully saturated rings. The summed E-state index contributed by atoms with van der Waals surface area (Å²) in [5, 5.41) is 33.8. The molecule has 0 aliphatic carbocycles. The minimum absolute atomic E-state index is 0.00852. The summed E-state index contributed by atoms with van der Waals surface area (Å²) < 4.78 is 49.8. The van der Waals surface area contributed by atoms with Crippen LogP contribution >= 0.6 is 0 Å². The molecule has 4 aliphatic heterocycles. The van der Waals surface area contributed by atoms with Crippen LogP contribution in [-0.4, -0.2) is 126 Å². The van der Waals surface area contributed by atoms with Crippen LogP contribution in [0, 0.1) is 23.7 Å². The molecule has 49 heavy (non-hydrogen) atoms. The lowest BCUT2D eigenvalue weighted by Crippen LogP contribution is -2.60. The summed E-state index contributed by atoms with van der Waals surface area (Å²) in [5.74, 6) is -4.13. The third kappa shape index (κ3) is 8.21. The van der Waals surface area contributed by atoms with Gasteiger partial charge in [0.05, 0.1) is 53.7 Å². The summed E-state index contributed by atoms with van der Waals surface area (Å²) in [5.41, 5.74) is -4.07. The molecule has 3 N–H and O–H groups in total. The van der Waals surface area contributed by atoms with Crippen LogP contribution in [0.4, 0.5) is 0 Å². The number of ketones is 1. The van der Waals surface area contributed by atoms with Crippen LogP contribution in [0.2, 0.25) is 0 Å². The molecule has 0 spiro atoms. The number of hydrogen-bond acceptors (Lipinski definition) is 13. The lowest BCUT2D eigenvalue weighted by Gasteiger charge is -2.48. The summed E-state index contributed by atoms with van der Waals surface area (Å²) >= 11 is 0. The highest BCUT2D eigenvalue weighted by Crippen LogP contribution is 2.44. The zero-order chi connectivity index (χ0) is 36.8. The number of rotatable bonds is 7. The molecule has 0 aromatic carbocycles. The van der Waals surface area contributed by atoms with Gasteiger partial charge in [0, 0.05) is 44.8 Å². The maximum atomic E-state index is 14.1. The fourth-order valence-electron chi connectivity index (χ4n) is 8.31. The molecule has 0 radical (unpaired) electrons. The van der Waals surface area contributed by atoms with Crippen LogP contribution < -0.4 is 0 Å². The second-order valence-electron chi connectivity index (χ2n) is 15.7. The van der Waals surface area contributed by atoms with E-state index in [1.54, 1.807) is 48.7 Å². The second-order valence-corrected chi connectivity index (χ2v) is 15.7. The van der Waals surface area contributed by atoms with Gasteiger partial charge in [0.25, 0.3) is 0 Å². The number of carbonyl (C=O) groups excluding carboxylic acids is 2. The minimum atomic E-state index is -1.94. The van der Waals surface area contributed by atoms with Crippen LogP contribution in [-0.2, 0) is 47.5 Å². The molecule has 4 rings (SSSR count). The molecule has 0 saturated carbocycles. The Hall–Kier alpha value is -1.26. The van der Waals surface area contributed by atoms with Gasteiger partial charge in [-0.15, -0.1) is 0 Å². The number of ether oxygens (including phenoxy) is 8. The van der Waals surface area contributed by atoms with Crippen molar-refractivity contribution in [1.82, 2.24) is 0 Å². The van der Waals surface area contributed by atoms with Gasteiger partial charge in [-0.1, -0.05) is 27.7 Å². The van der Waals surface area contributed by atoms with Crippen molar-refractivity contribution in [2.24, 2.45) is 23.7 Å². The van der Waals surface area contributed by atoms with Crippen molar-refractivity contribution >= 4 is 11.8 Å². The number of aliphatic hydroxyl groups excluding tert-OH is 2. The lowest BCUT2D eigenvalue weighted by atomic mass is 9.74. The van der Waals surface area contributed by atoms with E-state index in [1.807, 2.05) is 20.8 Å². The Kier molecular flexibility index (Phi) is 12.7. The number of methoxy groups -OCH3 is 2. The molecule has 0 aromatic rings. The average molecular weight is 703 g/mol. The largest absolute Gasteiger partial charge is 0.459 e. The Balaban J connectivity index is 1.81. The van der Waals surface area contributed by atoms with Crippen LogP contribution in [0.1, 0.15) is 94.9 Å². The molecule has 13 heteroatoms. The number of carbonyl (C=O) groups is 2. The van der Waals surface area contributed by atoms with Crippen molar-refractivity contribution in [2.75, 3.05) is 14.2 Å². The third-order valence-corrected chi connectivity index (χ3v) is 11.8. The molecule has 284 valence electrons. The van der Waals surface area contributed by atoms with Gasteiger partial charge in [-0.25, -0.2) is 0 Å². The first-order chi connectivity index (χ1) is 22.7. The predicted octanol–water partition coefficient (Wildman–Crippen LogP) is 2.92. The highest BCUT2D eigenvalue weighted by atomic mass is 16.7. The van der Waals surface area contributed by atoms with E-state index >= 15 is 0 Å². The van der Waals surface area contributed by atoms with Gasteiger partial charge in [-0.2, -0.15) is 0 Å². The first-order valence-corrected chi connectivity index (χ1v) is 17.9. The number of epoxide rings is 1. The maximum Gasteiger partial charge on any atom is 0.311 e. The van der Waals surface area contributed by atoms with Gasteiger partial charge in [-0.3, -0.25) is 9.59 Å². The van der Waals surface area contributed by atoms with Crippen LogP contribution in [0.5, 0.6) is 0 Å². The summed E-state index contributed by atoms with van der Waals surface area (Å²) in [6.07, 6.45) is -6.71. The SMILES string of the molecule is CCC1OC(=O)[C@H](C)C(O[C@H]2C[C@@](C)(OC)[C@@H](O)[C@H](C)O2)[C@H](C)[C@@H](O[C@@H]2O[C@H](C)C[C@@H]3O[C@@H]23)[C@](C)(OC)C[C@@H](C)C(=O)C(C)[C@@H](O)[C@]1(C)O. The van der Waals surface area contributed by atoms with E-state index in [-0.39, 0.29) is 43.4 Å². The van der Waals surface area contributed by atoms with Crippen molar-refractivity contribution in [3.8, 4) is 0 Å². The summed E-state index contributed by atoms with van der Waals surface area (Å²) in [4.78, 5) is 28.0. The fourth-order valence-corrected chi connectivity index (χ4v) is 8.31. The van der Waals surface area contributed by atoms with Gasteiger partial charge in [0.2, 0.25) is 0 Å². The second kappa shape index (κ2) is 15.4. The third-order valence-electron chi connectivity index (χ3n) is 11.8. The molecule has 0 amide bonds. The Morgan fingerprint density at radius 1 is 0.837 bits per heavy atom. The smallest absolute Gasteiger partial charge is 0.311 e. The van der Waals surface area contributed by atoms with Crippen molar-refractivity contribution < 1.29 is 62.8 Å². The summed E-state index contributed by atoms with van der Waals surface area (Å²) in [6, 6.07) is 0. The first kappa shape index (κ1) is 40.5. The number of hydrogen-bond donors (Lipinski definition) is 3. The van der Waals surface area contributed by atoms with Crippen molar-refractivity contribution in [1.29, 1.82) is 0 Å². The van der Waals surface area contributed by atoms with Crippen molar-refractivity contribution in [3.05, 3.63) is 0 Å². The summed E-state index contributed by atoms with van der Waals surface area (Å²) in [7, 11) is 3.06. The number of cyclic esters (lactones) is 1. The normalized spacial score (nSPS) is 51.8. The van der Waals surface area contributed by atoms with Gasteiger partial charge in [-0.05, 0) is 54.4 Å². The molecule has 4 heterocycles. The number of esters is 1. The first-order valence-electron chi connectivity index (χ1n) is 17.9. The number of aliphatic hydroxyl groups is 3. The fraction of sp³-hybridized carbons (Fsp3) is 0.944. The molecule has 4 aliphatic rings. The average Bonchev–Trinajstić information content (AvgIpc) is 3.84. The topological polar surface area (TPSA) is 172 Å². The van der Waals surface area contributed by atoms with Crippen LogP contribution in [0.3, 0.4) is 0 Å². The number of Topliss-reactive ketones (excluding diaryl/α,β-unsaturated/α-hetero) is 1. The monoisotopic (exact) mass is 702 g/mol. The Morgan fingerprint density at radius 3 is 2.06 bits per heavy atom. The predicted molar refractivity (Wildman–Crippen MR) is 176 cm³/mol. The van der Waals surface area contributed by atoms with Crippen LogP contribution in [0.15, 0.2) is 0 Å². The van der Waals surface area contributed by atoms with Gasteiger partial charge in [0.1, 0.15) is 29.7 Å². The number of fused-ring (bicyclic) bond motifs is 1. The van der Waals surface area contributed by atoms with E-state index < -0.39 is 95.6 Å². The molecule has 3 unspecified atom stereocenters. The molecule has 0 aromatic heterocycles. The maximum absolute atomic E-state index is 14.1. The van der Waals surface area contributed by atoms with Crippen molar-refractivity contribution in [3.63, 3.8) is 0 Å². The molecular weight excluding hydrogens is 640 g/mol. The summed E-state index contributed by atoms with van der Waals surface area (Å²) in [6.45, 7) is 17.4. The molecule has 4 saturated heterocycles. The zero-order valence-electron chi connectivity index (χ0n) is 31.4. The van der Waals surface area contributed by atoms with E-state index in [9.17, 15) is 24.9 Å². The van der Waals surface area contributed by atoms with E-state index in [2.05, 4.69) is 0 Å². The van der Waals surface area contributed by atoms with E-state index in [1.165, 1.54) is 14.0 Å². The van der Waals surface area contributed by atoms with Crippen LogP contribution in [0.25, 0.3) is 0 Å². The lowest BCUT2D eigenvalue weighted by molar-refractivity contribution is -0.308. The standard InChI is InChI=1S/C36H62O13/c1-13-24-36(10,41)29(38)19(4)26(37)17(2)15-35(9,43-12)31(49-33-28-23(46-28)14-18(3)44-33)20(5)27(21(6)32(40)47-24)48-25-16-34(8,42-11)30(39)22(7)45-25/h17-25,27-31,33,38-39,41H,13-16H2,1-12H3/t17-,18-,19?,20+,21-,22+,23+,24?,25+,27?,28-,29-,30+,31-,33+,34-,35-,36-/m1/s1.